The van der Waals surface area contributed by atoms with E-state index in [0.29, 0.717) is 37.1 Å². The van der Waals surface area contributed by atoms with Crippen LogP contribution in [0.25, 0.3) is 0 Å². The van der Waals surface area contributed by atoms with E-state index in [1.807, 2.05) is 0 Å². The number of piperazine rings is 1. The van der Waals surface area contributed by atoms with E-state index in [1.54, 1.807) is 26.0 Å². The summed E-state index contributed by atoms with van der Waals surface area (Å²) in [6.07, 6.45) is -3.59. The SMILES string of the molecule is Cc1cc([C@H](NC(=O)N2CCNC(=O)[C@H]2C)[C@H]2CC[C@@H](C(F)(F)F)CC2)ccc1F. The largest absolute Gasteiger partial charge is 0.391 e. The van der Waals surface area contributed by atoms with Crippen LogP contribution in [0.15, 0.2) is 18.2 Å². The molecule has 2 aliphatic rings. The number of benzene rings is 1. The molecule has 1 aromatic rings. The highest BCUT2D eigenvalue weighted by Gasteiger charge is 2.43. The number of nitrogens with zero attached hydrogens (tertiary/aromatic N) is 1. The molecule has 1 heterocycles. The average molecular weight is 429 g/mol. The first-order valence-corrected chi connectivity index (χ1v) is 10.3. The Kier molecular flexibility index (Phi) is 6.57. The number of carbonyl (C=O) groups is 2. The van der Waals surface area contributed by atoms with Gasteiger partial charge in [0.05, 0.1) is 12.0 Å². The second-order valence-corrected chi connectivity index (χ2v) is 8.25. The van der Waals surface area contributed by atoms with Crippen LogP contribution >= 0.6 is 0 Å². The molecule has 30 heavy (non-hydrogen) atoms. The van der Waals surface area contributed by atoms with Gasteiger partial charge in [-0.25, -0.2) is 9.18 Å². The van der Waals surface area contributed by atoms with E-state index in [0.717, 1.165) is 0 Å². The molecule has 3 amide bonds. The van der Waals surface area contributed by atoms with Crippen molar-refractivity contribution in [3.63, 3.8) is 0 Å². The van der Waals surface area contributed by atoms with Crippen LogP contribution < -0.4 is 10.6 Å². The first kappa shape index (κ1) is 22.4. The number of aryl methyl sites for hydroxylation is 1. The molecule has 0 aromatic heterocycles. The van der Waals surface area contributed by atoms with Crippen molar-refractivity contribution in [1.29, 1.82) is 0 Å². The van der Waals surface area contributed by atoms with Crippen molar-refractivity contribution in [3.05, 3.63) is 35.1 Å². The lowest BCUT2D eigenvalue weighted by Gasteiger charge is -2.38. The molecule has 1 saturated heterocycles. The molecule has 0 spiro atoms. The molecule has 5 nitrogen and oxygen atoms in total. The second kappa shape index (κ2) is 8.81. The van der Waals surface area contributed by atoms with Crippen LogP contribution in [0.1, 0.15) is 49.8 Å². The maximum Gasteiger partial charge on any atom is 0.391 e. The van der Waals surface area contributed by atoms with Gasteiger partial charge in [-0.3, -0.25) is 4.79 Å². The number of hydrogen-bond donors (Lipinski definition) is 2. The van der Waals surface area contributed by atoms with Gasteiger partial charge in [0.25, 0.3) is 0 Å². The standard InChI is InChI=1S/C21H27F4N3O2/c1-12-11-15(5-8-17(12)22)18(14-3-6-16(7-4-14)21(23,24)25)27-20(30)28-10-9-26-19(29)13(28)2/h5,8,11,13-14,16,18H,3-4,6-7,9-10H2,1-2H3,(H,26,29)(H,27,30)/t13-,14-,16+,18-/m1/s1. The van der Waals surface area contributed by atoms with Gasteiger partial charge < -0.3 is 15.5 Å². The quantitative estimate of drug-likeness (QED) is 0.712. The molecule has 0 bridgehead atoms. The molecule has 9 heteroatoms. The third kappa shape index (κ3) is 4.87. The Hall–Kier alpha value is -2.32. The number of halogens is 4. The average Bonchev–Trinajstić information content (AvgIpc) is 2.69. The molecule has 1 aliphatic heterocycles. The van der Waals surface area contributed by atoms with Gasteiger partial charge in [-0.05, 0) is 62.6 Å². The minimum absolute atomic E-state index is 0.00321. The van der Waals surface area contributed by atoms with E-state index in [9.17, 15) is 27.2 Å². The zero-order valence-corrected chi connectivity index (χ0v) is 17.1. The van der Waals surface area contributed by atoms with Gasteiger partial charge >= 0.3 is 12.2 Å². The van der Waals surface area contributed by atoms with E-state index in [-0.39, 0.29) is 30.5 Å². The summed E-state index contributed by atoms with van der Waals surface area (Å²) in [6, 6.07) is 2.86. The number of urea groups is 1. The van der Waals surface area contributed by atoms with Crippen LogP contribution in [-0.4, -0.2) is 42.1 Å². The van der Waals surface area contributed by atoms with Crippen LogP contribution in [0, 0.1) is 24.6 Å². The molecule has 3 rings (SSSR count). The highest BCUT2D eigenvalue weighted by molar-refractivity contribution is 5.88. The number of hydrogen-bond acceptors (Lipinski definition) is 2. The summed E-state index contributed by atoms with van der Waals surface area (Å²) in [7, 11) is 0. The molecular weight excluding hydrogens is 402 g/mol. The monoisotopic (exact) mass is 429 g/mol. The number of nitrogens with one attached hydrogen (secondary N) is 2. The van der Waals surface area contributed by atoms with Gasteiger partial charge in [0.15, 0.2) is 0 Å². The Bertz CT molecular complexity index is 791. The molecular formula is C21H27F4N3O2. The summed E-state index contributed by atoms with van der Waals surface area (Å²) in [5, 5.41) is 5.62. The summed E-state index contributed by atoms with van der Waals surface area (Å²) < 4.78 is 53.0. The summed E-state index contributed by atoms with van der Waals surface area (Å²) in [5.74, 6) is -2.17. The first-order chi connectivity index (χ1) is 14.1. The van der Waals surface area contributed by atoms with Crippen molar-refractivity contribution < 1.29 is 27.2 Å². The van der Waals surface area contributed by atoms with Crippen molar-refractivity contribution >= 4 is 11.9 Å². The summed E-state index contributed by atoms with van der Waals surface area (Å²) in [4.78, 5) is 26.3. The minimum Gasteiger partial charge on any atom is -0.353 e. The van der Waals surface area contributed by atoms with Crippen molar-refractivity contribution in [1.82, 2.24) is 15.5 Å². The molecule has 2 N–H and O–H groups in total. The molecule has 2 atom stereocenters. The molecule has 1 aliphatic carbocycles. The lowest BCUT2D eigenvalue weighted by Crippen LogP contribution is -2.58. The van der Waals surface area contributed by atoms with Crippen molar-refractivity contribution in [2.45, 2.75) is 57.8 Å². The number of alkyl halides is 3. The Morgan fingerprint density at radius 3 is 2.50 bits per heavy atom. The fourth-order valence-corrected chi connectivity index (χ4v) is 4.39. The molecule has 1 saturated carbocycles. The summed E-state index contributed by atoms with van der Waals surface area (Å²) in [6.45, 7) is 3.91. The summed E-state index contributed by atoms with van der Waals surface area (Å²) >= 11 is 0. The van der Waals surface area contributed by atoms with Gasteiger partial charge in [-0.2, -0.15) is 13.2 Å². The lowest BCUT2D eigenvalue weighted by molar-refractivity contribution is -0.184. The Morgan fingerprint density at radius 2 is 1.90 bits per heavy atom. The minimum atomic E-state index is -4.22. The smallest absolute Gasteiger partial charge is 0.353 e. The van der Waals surface area contributed by atoms with Crippen LogP contribution in [0.4, 0.5) is 22.4 Å². The lowest BCUT2D eigenvalue weighted by atomic mass is 9.76. The van der Waals surface area contributed by atoms with Gasteiger partial charge in [0.2, 0.25) is 5.91 Å². The number of amides is 3. The van der Waals surface area contributed by atoms with Crippen LogP contribution in [-0.2, 0) is 4.79 Å². The van der Waals surface area contributed by atoms with Gasteiger partial charge in [-0.1, -0.05) is 12.1 Å². The molecule has 0 radical (unpaired) electrons. The van der Waals surface area contributed by atoms with E-state index < -0.39 is 30.2 Å². The van der Waals surface area contributed by atoms with E-state index in [2.05, 4.69) is 10.6 Å². The van der Waals surface area contributed by atoms with Crippen LogP contribution in [0.5, 0.6) is 0 Å². The van der Waals surface area contributed by atoms with Gasteiger partial charge in [0, 0.05) is 13.1 Å². The van der Waals surface area contributed by atoms with Crippen molar-refractivity contribution in [2.75, 3.05) is 13.1 Å². The highest BCUT2D eigenvalue weighted by Crippen LogP contribution is 2.43. The predicted octanol–water partition coefficient (Wildman–Crippen LogP) is 4.07. The zero-order chi connectivity index (χ0) is 22.1. The van der Waals surface area contributed by atoms with Crippen molar-refractivity contribution in [3.8, 4) is 0 Å². The Balaban J connectivity index is 1.80. The van der Waals surface area contributed by atoms with Gasteiger partial charge in [-0.15, -0.1) is 0 Å². The van der Waals surface area contributed by atoms with Gasteiger partial charge in [0.1, 0.15) is 11.9 Å². The number of carbonyl (C=O) groups excluding carboxylic acids is 2. The van der Waals surface area contributed by atoms with Crippen molar-refractivity contribution in [2.24, 2.45) is 11.8 Å². The molecule has 0 unspecified atom stereocenters. The van der Waals surface area contributed by atoms with E-state index >= 15 is 0 Å². The zero-order valence-electron chi connectivity index (χ0n) is 17.1. The molecule has 2 fully saturated rings. The molecule has 166 valence electrons. The van der Waals surface area contributed by atoms with E-state index in [4.69, 9.17) is 0 Å². The van der Waals surface area contributed by atoms with E-state index in [1.165, 1.54) is 11.0 Å². The third-order valence-electron chi connectivity index (χ3n) is 6.29. The fraction of sp³-hybridized carbons (Fsp3) is 0.619. The normalized spacial score (nSPS) is 26.1. The second-order valence-electron chi connectivity index (χ2n) is 8.25. The third-order valence-corrected chi connectivity index (χ3v) is 6.29. The predicted molar refractivity (Wildman–Crippen MR) is 103 cm³/mol. The Morgan fingerprint density at radius 1 is 1.23 bits per heavy atom. The maximum atomic E-state index is 13.8. The first-order valence-electron chi connectivity index (χ1n) is 10.3. The fourth-order valence-electron chi connectivity index (χ4n) is 4.39. The van der Waals surface area contributed by atoms with Crippen LogP contribution in [0.3, 0.4) is 0 Å². The van der Waals surface area contributed by atoms with Crippen LogP contribution in [0.2, 0.25) is 0 Å². The molecule has 1 aromatic carbocycles. The maximum absolute atomic E-state index is 13.8. The summed E-state index contributed by atoms with van der Waals surface area (Å²) in [5.41, 5.74) is 1.06. The Labute approximate surface area is 173 Å². The highest BCUT2D eigenvalue weighted by atomic mass is 19.4. The number of rotatable bonds is 3. The topological polar surface area (TPSA) is 61.4 Å².